The molecule has 1 amide bonds. The minimum atomic E-state index is -0.651. The van der Waals surface area contributed by atoms with E-state index in [0.717, 1.165) is 5.56 Å². The van der Waals surface area contributed by atoms with E-state index in [1.165, 1.54) is 12.1 Å². The zero-order chi connectivity index (χ0) is 16.6. The fraction of sp³-hybridized carbons (Fsp3) is 0.0588. The van der Waals surface area contributed by atoms with Gasteiger partial charge in [0.2, 0.25) is 5.55 Å². The molecule has 3 rings (SSSR count). The Balaban J connectivity index is 2.33. The molecule has 0 radical (unpaired) electrons. The van der Waals surface area contributed by atoms with Crippen molar-refractivity contribution in [3.63, 3.8) is 0 Å². The molecule has 2 aromatic carbocycles. The number of aryl methyl sites for hydroxylation is 1. The number of carbonyl (C=O) groups excluding carboxylic acids is 1. The highest BCUT2D eigenvalue weighted by Crippen LogP contribution is 2.23. The average Bonchev–Trinajstić information content (AvgIpc) is 2.50. The smallest absolute Gasteiger partial charge is 0.254 e. The summed E-state index contributed by atoms with van der Waals surface area (Å²) >= 11 is 5.99. The summed E-state index contributed by atoms with van der Waals surface area (Å²) in [5.74, 6) is -0.597. The zero-order valence-electron chi connectivity index (χ0n) is 12.2. The van der Waals surface area contributed by atoms with Gasteiger partial charge in [-0.05, 0) is 42.8 Å². The SMILES string of the molecule is Cc1ccc(Cl)cc1N=c1oc2cc(O)ccc2cc1C(N)=O. The number of halogens is 1. The maximum atomic E-state index is 11.7. The number of primary amides is 1. The molecule has 0 saturated carbocycles. The van der Waals surface area contributed by atoms with E-state index in [1.54, 1.807) is 24.3 Å². The van der Waals surface area contributed by atoms with Crippen LogP contribution < -0.4 is 11.3 Å². The van der Waals surface area contributed by atoms with Gasteiger partial charge in [-0.1, -0.05) is 17.7 Å². The van der Waals surface area contributed by atoms with Crippen LogP contribution >= 0.6 is 11.6 Å². The number of amides is 1. The number of hydrogen-bond donors (Lipinski definition) is 2. The molecule has 0 saturated heterocycles. The van der Waals surface area contributed by atoms with E-state index in [2.05, 4.69) is 4.99 Å². The van der Waals surface area contributed by atoms with Crippen molar-refractivity contribution in [3.8, 4) is 5.75 Å². The zero-order valence-corrected chi connectivity index (χ0v) is 13.0. The number of carbonyl (C=O) groups is 1. The molecule has 1 heterocycles. The number of phenols is 1. The molecule has 0 spiro atoms. The molecule has 0 unspecified atom stereocenters. The fourth-order valence-electron chi connectivity index (χ4n) is 2.18. The van der Waals surface area contributed by atoms with Gasteiger partial charge in [0.25, 0.3) is 5.91 Å². The third kappa shape index (κ3) is 3.05. The number of benzene rings is 2. The molecule has 0 aliphatic rings. The van der Waals surface area contributed by atoms with Crippen molar-refractivity contribution in [2.75, 3.05) is 0 Å². The Hall–Kier alpha value is -2.79. The Labute approximate surface area is 136 Å². The van der Waals surface area contributed by atoms with Crippen LogP contribution in [0.4, 0.5) is 5.69 Å². The predicted octanol–water partition coefficient (Wildman–Crippen LogP) is 3.43. The molecule has 0 atom stereocenters. The van der Waals surface area contributed by atoms with Crippen molar-refractivity contribution in [1.29, 1.82) is 0 Å². The van der Waals surface area contributed by atoms with Crippen LogP contribution in [0.2, 0.25) is 5.02 Å². The molecule has 3 N–H and O–H groups in total. The summed E-state index contributed by atoms with van der Waals surface area (Å²) in [7, 11) is 0. The lowest BCUT2D eigenvalue weighted by Gasteiger charge is -2.04. The lowest BCUT2D eigenvalue weighted by Crippen LogP contribution is -2.21. The largest absolute Gasteiger partial charge is 0.508 e. The molecule has 0 bridgehead atoms. The fourth-order valence-corrected chi connectivity index (χ4v) is 2.35. The molecule has 6 heteroatoms. The van der Waals surface area contributed by atoms with Crippen LogP contribution in [-0.4, -0.2) is 11.0 Å². The summed E-state index contributed by atoms with van der Waals surface area (Å²) < 4.78 is 5.66. The number of aromatic hydroxyl groups is 1. The lowest BCUT2D eigenvalue weighted by molar-refractivity contribution is 0.0996. The molecule has 116 valence electrons. The second-order valence-electron chi connectivity index (χ2n) is 5.09. The van der Waals surface area contributed by atoms with Gasteiger partial charge in [0.1, 0.15) is 16.9 Å². The first-order valence-electron chi connectivity index (χ1n) is 6.81. The van der Waals surface area contributed by atoms with Gasteiger partial charge in [-0.15, -0.1) is 0 Å². The first kappa shape index (κ1) is 15.1. The van der Waals surface area contributed by atoms with Gasteiger partial charge >= 0.3 is 0 Å². The minimum absolute atomic E-state index is 0.0537. The predicted molar refractivity (Wildman–Crippen MR) is 87.8 cm³/mol. The monoisotopic (exact) mass is 328 g/mol. The number of rotatable bonds is 2. The maximum absolute atomic E-state index is 11.7. The topological polar surface area (TPSA) is 88.8 Å². The van der Waals surface area contributed by atoms with E-state index >= 15 is 0 Å². The molecule has 0 aliphatic carbocycles. The first-order valence-corrected chi connectivity index (χ1v) is 7.19. The van der Waals surface area contributed by atoms with Crippen LogP contribution in [0.15, 0.2) is 51.9 Å². The van der Waals surface area contributed by atoms with Crippen LogP contribution in [0.3, 0.4) is 0 Å². The Morgan fingerprint density at radius 3 is 2.74 bits per heavy atom. The van der Waals surface area contributed by atoms with Gasteiger partial charge in [0.05, 0.1) is 5.69 Å². The van der Waals surface area contributed by atoms with Gasteiger partial charge in [0.15, 0.2) is 0 Å². The number of phenolic OH excluding ortho intramolecular Hbond substituents is 1. The van der Waals surface area contributed by atoms with Gasteiger partial charge in [-0.3, -0.25) is 4.79 Å². The summed E-state index contributed by atoms with van der Waals surface area (Å²) in [6.07, 6.45) is 0. The van der Waals surface area contributed by atoms with Crippen LogP contribution in [0.25, 0.3) is 11.0 Å². The normalized spacial score (nSPS) is 11.8. The molecule has 0 aliphatic heterocycles. The highest BCUT2D eigenvalue weighted by molar-refractivity contribution is 6.30. The van der Waals surface area contributed by atoms with E-state index in [9.17, 15) is 9.90 Å². The third-order valence-electron chi connectivity index (χ3n) is 3.39. The van der Waals surface area contributed by atoms with Crippen molar-refractivity contribution < 1.29 is 14.3 Å². The van der Waals surface area contributed by atoms with Crippen LogP contribution in [0.5, 0.6) is 5.75 Å². The average molecular weight is 329 g/mol. The Morgan fingerprint density at radius 1 is 1.22 bits per heavy atom. The molecule has 5 nitrogen and oxygen atoms in total. The number of nitrogens with two attached hydrogens (primary N) is 1. The van der Waals surface area contributed by atoms with E-state index in [4.69, 9.17) is 21.8 Å². The van der Waals surface area contributed by atoms with E-state index in [0.29, 0.717) is 21.7 Å². The molecular weight excluding hydrogens is 316 g/mol. The van der Waals surface area contributed by atoms with Crippen LogP contribution in [0.1, 0.15) is 15.9 Å². The lowest BCUT2D eigenvalue weighted by atomic mass is 10.1. The number of hydrogen-bond acceptors (Lipinski definition) is 4. The summed E-state index contributed by atoms with van der Waals surface area (Å²) in [5, 5.41) is 10.7. The molecule has 0 fully saturated rings. The van der Waals surface area contributed by atoms with Crippen molar-refractivity contribution in [3.05, 3.63) is 64.2 Å². The Bertz CT molecular complexity index is 993. The van der Waals surface area contributed by atoms with Crippen molar-refractivity contribution in [2.24, 2.45) is 10.7 Å². The van der Waals surface area contributed by atoms with Crippen molar-refractivity contribution in [2.45, 2.75) is 6.92 Å². The summed E-state index contributed by atoms with van der Waals surface area (Å²) in [5.41, 5.74) is 7.49. The standard InChI is InChI=1S/C17H13ClN2O3/c1-9-2-4-11(18)7-14(9)20-17-13(16(19)22)6-10-3-5-12(21)8-15(10)23-17/h2-8,21H,1H3,(H2,19,22). The van der Waals surface area contributed by atoms with Gasteiger partial charge in [0, 0.05) is 16.5 Å². The highest BCUT2D eigenvalue weighted by atomic mass is 35.5. The van der Waals surface area contributed by atoms with Crippen molar-refractivity contribution in [1.82, 2.24) is 0 Å². The van der Waals surface area contributed by atoms with E-state index in [-0.39, 0.29) is 16.9 Å². The van der Waals surface area contributed by atoms with Crippen LogP contribution in [-0.2, 0) is 0 Å². The Kier molecular flexibility index (Phi) is 3.80. The first-order chi connectivity index (χ1) is 10.9. The minimum Gasteiger partial charge on any atom is -0.508 e. The van der Waals surface area contributed by atoms with Gasteiger partial charge in [-0.25, -0.2) is 4.99 Å². The molecule has 23 heavy (non-hydrogen) atoms. The quantitative estimate of drug-likeness (QED) is 0.755. The summed E-state index contributed by atoms with van der Waals surface area (Å²) in [4.78, 5) is 16.1. The summed E-state index contributed by atoms with van der Waals surface area (Å²) in [6.45, 7) is 1.87. The molecule has 3 aromatic rings. The highest BCUT2D eigenvalue weighted by Gasteiger charge is 2.10. The second-order valence-corrected chi connectivity index (χ2v) is 5.53. The van der Waals surface area contributed by atoms with E-state index < -0.39 is 5.91 Å². The molecule has 1 aromatic heterocycles. The summed E-state index contributed by atoms with van der Waals surface area (Å²) in [6, 6.07) is 11.4. The molecular formula is C17H13ClN2O3. The number of nitrogens with zero attached hydrogens (tertiary/aromatic N) is 1. The van der Waals surface area contributed by atoms with Gasteiger partial charge < -0.3 is 15.3 Å². The van der Waals surface area contributed by atoms with E-state index in [1.807, 2.05) is 13.0 Å². The Morgan fingerprint density at radius 2 is 2.00 bits per heavy atom. The van der Waals surface area contributed by atoms with Crippen LogP contribution in [0, 0.1) is 6.92 Å². The second kappa shape index (κ2) is 5.78. The number of fused-ring (bicyclic) bond motifs is 1. The van der Waals surface area contributed by atoms with Gasteiger partial charge in [-0.2, -0.15) is 0 Å². The maximum Gasteiger partial charge on any atom is 0.254 e. The van der Waals surface area contributed by atoms with Crippen molar-refractivity contribution >= 4 is 34.2 Å². The third-order valence-corrected chi connectivity index (χ3v) is 3.63.